The first-order valence-corrected chi connectivity index (χ1v) is 4.36. The molecule has 2 N–H and O–H groups in total. The molecule has 0 bridgehead atoms. The second-order valence-electron chi connectivity index (χ2n) is 3.04. The van der Waals surface area contributed by atoms with Crippen molar-refractivity contribution >= 4 is 0 Å². The van der Waals surface area contributed by atoms with Gasteiger partial charge in [0.1, 0.15) is 18.5 Å². The molecule has 0 aliphatic rings. The summed E-state index contributed by atoms with van der Waals surface area (Å²) >= 11 is 0. The van der Waals surface area contributed by atoms with Gasteiger partial charge in [-0.15, -0.1) is 0 Å². The summed E-state index contributed by atoms with van der Waals surface area (Å²) in [6, 6.07) is 1.68. The van der Waals surface area contributed by atoms with Crippen molar-refractivity contribution < 1.29 is 14.9 Å². The lowest BCUT2D eigenvalue weighted by Gasteiger charge is -2.09. The Morgan fingerprint density at radius 3 is 2.71 bits per heavy atom. The van der Waals surface area contributed by atoms with Gasteiger partial charge < -0.3 is 14.9 Å². The first-order chi connectivity index (χ1) is 6.61. The fourth-order valence-corrected chi connectivity index (χ4v) is 0.991. The zero-order valence-corrected chi connectivity index (χ0v) is 8.27. The Balaban J connectivity index is 2.58. The van der Waals surface area contributed by atoms with E-state index in [1.807, 2.05) is 6.92 Å². The van der Waals surface area contributed by atoms with Gasteiger partial charge in [-0.3, -0.25) is 0 Å². The van der Waals surface area contributed by atoms with Gasteiger partial charge in [0.05, 0.1) is 6.61 Å². The number of ether oxygens (including phenoxy) is 1. The third-order valence-corrected chi connectivity index (χ3v) is 1.58. The van der Waals surface area contributed by atoms with E-state index in [0.29, 0.717) is 11.7 Å². The van der Waals surface area contributed by atoms with Crippen LogP contribution in [0.3, 0.4) is 0 Å². The standard InChI is InChI=1S/C9H14N2O3/c1-6-3-9(11-7(2)10-6)14-5-8(13)4-12/h3,8,12-13H,4-5H2,1-2H3. The average Bonchev–Trinajstić information content (AvgIpc) is 2.12. The summed E-state index contributed by atoms with van der Waals surface area (Å²) in [6.45, 7) is 3.32. The fraction of sp³-hybridized carbons (Fsp3) is 0.556. The first-order valence-electron chi connectivity index (χ1n) is 4.36. The van der Waals surface area contributed by atoms with Crippen LogP contribution in [0.1, 0.15) is 11.5 Å². The van der Waals surface area contributed by atoms with E-state index in [9.17, 15) is 0 Å². The van der Waals surface area contributed by atoms with Crippen molar-refractivity contribution in [1.29, 1.82) is 0 Å². The molecule has 5 nitrogen and oxygen atoms in total. The molecular formula is C9H14N2O3. The molecule has 1 aromatic heterocycles. The summed E-state index contributed by atoms with van der Waals surface area (Å²) in [5, 5.41) is 17.6. The van der Waals surface area contributed by atoms with Gasteiger partial charge in [0.25, 0.3) is 0 Å². The number of hydrogen-bond acceptors (Lipinski definition) is 5. The van der Waals surface area contributed by atoms with Crippen molar-refractivity contribution in [2.24, 2.45) is 0 Å². The Kier molecular flexibility index (Phi) is 3.79. The van der Waals surface area contributed by atoms with Gasteiger partial charge in [-0.05, 0) is 13.8 Å². The van der Waals surface area contributed by atoms with E-state index in [1.165, 1.54) is 0 Å². The maximum Gasteiger partial charge on any atom is 0.216 e. The van der Waals surface area contributed by atoms with Crippen LogP contribution in [0.5, 0.6) is 5.88 Å². The molecule has 0 saturated heterocycles. The van der Waals surface area contributed by atoms with Crippen LogP contribution < -0.4 is 4.74 Å². The van der Waals surface area contributed by atoms with Crippen LogP contribution in [0.15, 0.2) is 6.07 Å². The molecule has 0 radical (unpaired) electrons. The second kappa shape index (κ2) is 4.88. The predicted molar refractivity (Wildman–Crippen MR) is 50.1 cm³/mol. The van der Waals surface area contributed by atoms with Crippen molar-refractivity contribution in [3.8, 4) is 5.88 Å². The summed E-state index contributed by atoms with van der Waals surface area (Å²) < 4.78 is 5.16. The Hall–Kier alpha value is -1.20. The second-order valence-corrected chi connectivity index (χ2v) is 3.04. The molecule has 78 valence electrons. The van der Waals surface area contributed by atoms with Gasteiger partial charge in [-0.1, -0.05) is 0 Å². The number of aromatic nitrogens is 2. The Morgan fingerprint density at radius 2 is 2.14 bits per heavy atom. The molecule has 1 atom stereocenters. The average molecular weight is 198 g/mol. The topological polar surface area (TPSA) is 75.5 Å². The molecule has 1 rings (SSSR count). The highest BCUT2D eigenvalue weighted by Crippen LogP contribution is 2.08. The fourth-order valence-electron chi connectivity index (χ4n) is 0.991. The van der Waals surface area contributed by atoms with Crippen LogP contribution in [0, 0.1) is 13.8 Å². The molecule has 0 aliphatic carbocycles. The highest BCUT2D eigenvalue weighted by atomic mass is 16.5. The van der Waals surface area contributed by atoms with Crippen LogP contribution >= 0.6 is 0 Å². The minimum Gasteiger partial charge on any atom is -0.475 e. The number of aliphatic hydroxyl groups excluding tert-OH is 2. The van der Waals surface area contributed by atoms with Crippen molar-refractivity contribution in [3.05, 3.63) is 17.6 Å². The third-order valence-electron chi connectivity index (χ3n) is 1.58. The smallest absolute Gasteiger partial charge is 0.216 e. The lowest BCUT2D eigenvalue weighted by atomic mass is 10.4. The summed E-state index contributed by atoms with van der Waals surface area (Å²) in [5.41, 5.74) is 0.811. The molecule has 5 heteroatoms. The Labute approximate surface area is 82.4 Å². The summed E-state index contributed by atoms with van der Waals surface area (Å²) in [6.07, 6.45) is -0.870. The highest BCUT2D eigenvalue weighted by Gasteiger charge is 2.04. The maximum absolute atomic E-state index is 9.04. The molecule has 0 aliphatic heterocycles. The van der Waals surface area contributed by atoms with E-state index in [2.05, 4.69) is 9.97 Å². The molecule has 0 amide bonds. The van der Waals surface area contributed by atoms with Gasteiger partial charge in [-0.25, -0.2) is 4.98 Å². The van der Waals surface area contributed by atoms with Crippen molar-refractivity contribution in [3.63, 3.8) is 0 Å². The summed E-state index contributed by atoms with van der Waals surface area (Å²) in [5.74, 6) is 1.04. The van der Waals surface area contributed by atoms with E-state index < -0.39 is 6.10 Å². The van der Waals surface area contributed by atoms with Crippen molar-refractivity contribution in [1.82, 2.24) is 9.97 Å². The molecule has 14 heavy (non-hydrogen) atoms. The van der Waals surface area contributed by atoms with Crippen LogP contribution in [-0.4, -0.2) is 39.5 Å². The minimum absolute atomic E-state index is 0.0341. The molecule has 0 aromatic carbocycles. The largest absolute Gasteiger partial charge is 0.475 e. The zero-order valence-electron chi connectivity index (χ0n) is 8.27. The van der Waals surface area contributed by atoms with E-state index in [1.54, 1.807) is 13.0 Å². The number of aliphatic hydroxyl groups is 2. The van der Waals surface area contributed by atoms with E-state index in [0.717, 1.165) is 5.69 Å². The molecule has 1 aromatic rings. The lowest BCUT2D eigenvalue weighted by molar-refractivity contribution is 0.0520. The maximum atomic E-state index is 9.04. The molecule has 0 spiro atoms. The molecule has 0 saturated carbocycles. The van der Waals surface area contributed by atoms with Crippen molar-refractivity contribution in [2.75, 3.05) is 13.2 Å². The number of aryl methyl sites for hydroxylation is 2. The first kappa shape index (κ1) is 10.9. The van der Waals surface area contributed by atoms with Gasteiger partial charge in [0, 0.05) is 11.8 Å². The predicted octanol–water partition coefficient (Wildman–Crippen LogP) is -0.175. The van der Waals surface area contributed by atoms with Crippen molar-refractivity contribution in [2.45, 2.75) is 20.0 Å². The lowest BCUT2D eigenvalue weighted by Crippen LogP contribution is -2.21. The monoisotopic (exact) mass is 198 g/mol. The SMILES string of the molecule is Cc1cc(OCC(O)CO)nc(C)n1. The Bertz CT molecular complexity index is 284. The van der Waals surface area contributed by atoms with Gasteiger partial charge in [0.15, 0.2) is 0 Å². The van der Waals surface area contributed by atoms with E-state index in [4.69, 9.17) is 14.9 Å². The van der Waals surface area contributed by atoms with Gasteiger partial charge >= 0.3 is 0 Å². The van der Waals surface area contributed by atoms with Crippen LogP contribution in [0.25, 0.3) is 0 Å². The van der Waals surface area contributed by atoms with Gasteiger partial charge in [0.2, 0.25) is 5.88 Å². The van der Waals surface area contributed by atoms with Crippen LogP contribution in [-0.2, 0) is 0 Å². The van der Waals surface area contributed by atoms with Gasteiger partial charge in [-0.2, -0.15) is 4.98 Å². The van der Waals surface area contributed by atoms with Crippen LogP contribution in [0.4, 0.5) is 0 Å². The summed E-state index contributed by atoms with van der Waals surface area (Å²) in [7, 11) is 0. The number of nitrogens with zero attached hydrogens (tertiary/aromatic N) is 2. The quantitative estimate of drug-likeness (QED) is 0.702. The summed E-state index contributed by atoms with van der Waals surface area (Å²) in [4.78, 5) is 8.09. The molecular weight excluding hydrogens is 184 g/mol. The number of hydrogen-bond donors (Lipinski definition) is 2. The number of rotatable bonds is 4. The minimum atomic E-state index is -0.870. The Morgan fingerprint density at radius 1 is 1.43 bits per heavy atom. The van der Waals surface area contributed by atoms with Crippen LogP contribution in [0.2, 0.25) is 0 Å². The molecule has 1 unspecified atom stereocenters. The third kappa shape index (κ3) is 3.27. The molecule has 0 fully saturated rings. The zero-order chi connectivity index (χ0) is 10.6. The normalized spacial score (nSPS) is 12.6. The van der Waals surface area contributed by atoms with E-state index in [-0.39, 0.29) is 13.2 Å². The molecule has 1 heterocycles. The highest BCUT2D eigenvalue weighted by molar-refractivity contribution is 5.14. The van der Waals surface area contributed by atoms with E-state index >= 15 is 0 Å².